The second kappa shape index (κ2) is 47.3. The van der Waals surface area contributed by atoms with Crippen molar-refractivity contribution in [3.05, 3.63) is 0 Å². The van der Waals surface area contributed by atoms with Crippen LogP contribution in [0.4, 0.5) is 0 Å². The summed E-state index contributed by atoms with van der Waals surface area (Å²) < 4.78 is 9.93. The molecule has 642 valence electrons. The van der Waals surface area contributed by atoms with Crippen LogP contribution in [0, 0.1) is 165 Å². The third kappa shape index (κ3) is 31.8. The van der Waals surface area contributed by atoms with Crippen LogP contribution in [0.15, 0.2) is 0 Å². The van der Waals surface area contributed by atoms with Gasteiger partial charge in [0.05, 0.1) is 68.0 Å². The van der Waals surface area contributed by atoms with Crippen LogP contribution < -0.4 is 0 Å². The van der Waals surface area contributed by atoms with E-state index in [-0.39, 0.29) is 92.8 Å². The Kier molecular flexibility index (Phi) is 44.1. The van der Waals surface area contributed by atoms with Gasteiger partial charge in [0.25, 0.3) is 0 Å². The van der Waals surface area contributed by atoms with Crippen molar-refractivity contribution in [1.82, 2.24) is 0 Å². The highest BCUT2D eigenvalue weighted by molar-refractivity contribution is 5.72. The van der Waals surface area contributed by atoms with Crippen molar-refractivity contribution in [2.24, 2.45) is 165 Å². The summed E-state index contributed by atoms with van der Waals surface area (Å²) in [5.74, 6) is 13.8. The van der Waals surface area contributed by atoms with Crippen LogP contribution in [0.25, 0.3) is 0 Å². The number of aliphatic hydroxyl groups excluding tert-OH is 8. The summed E-state index contributed by atoms with van der Waals surface area (Å²) in [6.45, 7) is 57.8. The number of esters is 2. The maximum absolute atomic E-state index is 11.6. The van der Waals surface area contributed by atoms with Crippen LogP contribution in [0.3, 0.4) is 0 Å². The van der Waals surface area contributed by atoms with Crippen LogP contribution in [-0.2, 0) is 19.1 Å². The summed E-state index contributed by atoms with van der Waals surface area (Å²) in [7, 11) is 0. The molecular weight excluding hydrogens is 1310 g/mol. The third-order valence-corrected chi connectivity index (χ3v) is 29.4. The topological polar surface area (TPSA) is 214 Å². The predicted octanol–water partition coefficient (Wildman–Crippen LogP) is 23.5. The van der Waals surface area contributed by atoms with Crippen LogP contribution in [0.5, 0.6) is 0 Å². The molecule has 12 nitrogen and oxygen atoms in total. The summed E-state index contributed by atoms with van der Waals surface area (Å²) in [5.41, 5.74) is 0.795. The van der Waals surface area contributed by atoms with Gasteiger partial charge in [-0.15, -0.1) is 0 Å². The van der Waals surface area contributed by atoms with Crippen LogP contribution >= 0.6 is 0 Å². The van der Waals surface area contributed by atoms with Crippen molar-refractivity contribution in [2.45, 2.75) is 402 Å². The first kappa shape index (κ1) is 97.8. The molecule has 12 heteroatoms. The molecule has 0 heterocycles. The lowest BCUT2D eigenvalue weighted by Gasteiger charge is -2.55. The normalized spacial score (nSPS) is 43.0. The predicted molar refractivity (Wildman–Crippen MR) is 459 cm³/mol. The molecular formula is C93H198O12. The SMILES string of the molecule is CC(C)C1CC(C)C(O)C(C)C1.CC(C)C1CC(C2(C)CCCCC2)C(O)C(C2(C)CCCCC2)C1.CC1CC(C)C(O)C(C)C1.CC1CC(C)C(O)C(C)C1.CC1CC(C)C(O)C(C)C1.CC1CC(C)C(O)C(C)C1.CCOC(=O)C1CC(C)C(O)C(C)C1.CCOC(=O)CC1CC(C)C(O)C(C)C1.[HH].[HH].[HH].[HH].[HH].[HH].[HH].[HH].[HH].[HH]. The molecule has 0 saturated heterocycles. The van der Waals surface area contributed by atoms with E-state index in [1.807, 2.05) is 27.7 Å². The fourth-order valence-electron chi connectivity index (χ4n) is 22.9. The molecule has 0 radical (unpaired) electrons. The molecule has 0 bridgehead atoms. The molecule has 0 aliphatic heterocycles. The van der Waals surface area contributed by atoms with Gasteiger partial charge in [0, 0.05) is 20.7 Å². The monoisotopic (exact) mass is 1510 g/mol. The zero-order valence-electron chi connectivity index (χ0n) is 73.3. The number of hydrogen-bond donors (Lipinski definition) is 8. The Balaban J connectivity index is -0.000000191. The quantitative estimate of drug-likeness (QED) is 0.101. The summed E-state index contributed by atoms with van der Waals surface area (Å²) in [4.78, 5) is 22.8. The van der Waals surface area contributed by atoms with E-state index in [1.165, 1.54) is 141 Å². The molecule has 10 aliphatic carbocycles. The van der Waals surface area contributed by atoms with E-state index < -0.39 is 0 Å². The fraction of sp³-hybridized carbons (Fsp3) is 0.978. The molecule has 0 aromatic heterocycles. The lowest BCUT2D eigenvalue weighted by Crippen LogP contribution is -2.51. The van der Waals surface area contributed by atoms with Crippen molar-refractivity contribution >= 4 is 11.9 Å². The Labute approximate surface area is 663 Å². The van der Waals surface area contributed by atoms with Gasteiger partial charge in [-0.2, -0.15) is 0 Å². The van der Waals surface area contributed by atoms with Crippen molar-refractivity contribution in [3.8, 4) is 0 Å². The number of ether oxygens (including phenoxy) is 2. The average Bonchev–Trinajstić information content (AvgIpc) is 0.754. The molecule has 0 spiro atoms. The number of carbonyl (C=O) groups excluding carboxylic acids is 2. The first-order valence-corrected chi connectivity index (χ1v) is 44.7. The molecule has 105 heavy (non-hydrogen) atoms. The number of rotatable bonds is 9. The minimum Gasteiger partial charge on any atom is -0.466 e. The first-order valence-electron chi connectivity index (χ1n) is 44.7. The van der Waals surface area contributed by atoms with Gasteiger partial charge in [-0.25, -0.2) is 0 Å². The highest BCUT2D eigenvalue weighted by Crippen LogP contribution is 2.57. The van der Waals surface area contributed by atoms with E-state index >= 15 is 0 Å². The maximum Gasteiger partial charge on any atom is 0.308 e. The van der Waals surface area contributed by atoms with Crippen molar-refractivity contribution < 1.29 is 74.2 Å². The van der Waals surface area contributed by atoms with E-state index in [4.69, 9.17) is 9.47 Å². The van der Waals surface area contributed by atoms with Gasteiger partial charge in [0.1, 0.15) is 0 Å². The molecule has 16 atom stereocenters. The molecule has 0 aromatic carbocycles. The van der Waals surface area contributed by atoms with Crippen molar-refractivity contribution in [3.63, 3.8) is 0 Å². The Bertz CT molecular complexity index is 2140. The molecule has 10 fully saturated rings. The van der Waals surface area contributed by atoms with E-state index in [0.29, 0.717) is 119 Å². The molecule has 8 N–H and O–H groups in total. The number of aliphatic hydroxyl groups is 8. The molecule has 0 aromatic rings. The Hall–Kier alpha value is -1.38. The number of carbonyl (C=O) groups is 2. The van der Waals surface area contributed by atoms with Gasteiger partial charge in [-0.3, -0.25) is 9.59 Å². The number of hydrogen-bond acceptors (Lipinski definition) is 12. The van der Waals surface area contributed by atoms with Gasteiger partial charge in [0.2, 0.25) is 0 Å². The first-order chi connectivity index (χ1) is 48.9. The molecule has 0 amide bonds. The Morgan fingerprint density at radius 3 is 0.800 bits per heavy atom. The van der Waals surface area contributed by atoms with Gasteiger partial charge < -0.3 is 50.3 Å². The average molecular weight is 1510 g/mol. The summed E-state index contributed by atoms with van der Waals surface area (Å²) in [6, 6.07) is 0. The summed E-state index contributed by atoms with van der Waals surface area (Å²) in [5, 5.41) is 79.1. The van der Waals surface area contributed by atoms with Gasteiger partial charge >= 0.3 is 11.9 Å². The zero-order chi connectivity index (χ0) is 79.7. The second-order valence-electron chi connectivity index (χ2n) is 40.8. The third-order valence-electron chi connectivity index (χ3n) is 29.4. The fourth-order valence-corrected chi connectivity index (χ4v) is 22.9. The van der Waals surface area contributed by atoms with Crippen molar-refractivity contribution in [1.29, 1.82) is 0 Å². The summed E-state index contributed by atoms with van der Waals surface area (Å²) >= 11 is 0. The van der Waals surface area contributed by atoms with E-state index in [0.717, 1.165) is 73.0 Å². The van der Waals surface area contributed by atoms with E-state index in [9.17, 15) is 50.4 Å². The van der Waals surface area contributed by atoms with Crippen LogP contribution in [0.1, 0.15) is 368 Å². The highest BCUT2D eigenvalue weighted by atomic mass is 16.5. The smallest absolute Gasteiger partial charge is 0.308 e. The summed E-state index contributed by atoms with van der Waals surface area (Å²) in [6.07, 6.45) is 31.5. The molecule has 10 rings (SSSR count). The van der Waals surface area contributed by atoms with Crippen LogP contribution in [0.2, 0.25) is 0 Å². The molecule has 10 aliphatic rings. The Morgan fingerprint density at radius 2 is 0.552 bits per heavy atom. The second-order valence-corrected chi connectivity index (χ2v) is 40.8. The Morgan fingerprint density at radius 1 is 0.324 bits per heavy atom. The minimum atomic E-state index is -0.263. The lowest BCUT2D eigenvalue weighted by atomic mass is 9.52. The van der Waals surface area contributed by atoms with Gasteiger partial charge in [0.15, 0.2) is 0 Å². The zero-order valence-corrected chi connectivity index (χ0v) is 73.3. The highest BCUT2D eigenvalue weighted by Gasteiger charge is 2.52. The molecule has 16 unspecified atom stereocenters. The van der Waals surface area contributed by atoms with Crippen LogP contribution in [-0.4, -0.2) is 115 Å². The van der Waals surface area contributed by atoms with E-state index in [1.54, 1.807) is 0 Å². The maximum atomic E-state index is 11.6. The minimum absolute atomic E-state index is 0. The molecule has 10 saturated carbocycles. The van der Waals surface area contributed by atoms with Gasteiger partial charge in [-0.1, -0.05) is 205 Å². The van der Waals surface area contributed by atoms with Gasteiger partial charge in [-0.05, 0) is 301 Å². The largest absolute Gasteiger partial charge is 0.466 e. The van der Waals surface area contributed by atoms with E-state index in [2.05, 4.69) is 152 Å². The van der Waals surface area contributed by atoms with Crippen molar-refractivity contribution in [2.75, 3.05) is 13.2 Å². The lowest BCUT2D eigenvalue weighted by molar-refractivity contribution is -0.152. The standard InChI is InChI=1S/C23H42O.C12H22O3.C11H20O3.C11H22O.4C9H18O.10H2/c1-17(2)18-15-19(22(3)11-7-5-8-12-22)21(24)20(16-18)23(4)13-9-6-10-14-23;1-4-15-11(13)7-10-5-8(2)12(14)9(3)6-10;1-4-14-11(13)9-5-7(2)10(12)8(3)6-9;1-7(2)10-5-8(3)11(12)9(4)6-10;4*1-6-4-7(2)9(10)8(3)5-6;;;;;;;;;;/h17-21,24H,5-16H2,1-4H3;8-10,12,14H,4-7H2,1-3H3;7-10,12H,4-6H2,1-3H3;7-12H,5-6H2,1-4H3;4*6-10H,4-5H2,1-3H3;10*1H.